The van der Waals surface area contributed by atoms with Gasteiger partial charge in [-0.1, -0.05) is 0 Å². The monoisotopic (exact) mass is 230 g/mol. The van der Waals surface area contributed by atoms with Crippen molar-refractivity contribution < 1.29 is 9.90 Å². The minimum Gasteiger partial charge on any atom is -0.478 e. The van der Waals surface area contributed by atoms with Gasteiger partial charge >= 0.3 is 5.97 Å². The quantitative estimate of drug-likeness (QED) is 0.863. The van der Waals surface area contributed by atoms with Crippen molar-refractivity contribution in [3.8, 4) is 0 Å². The number of carboxylic acid groups (broad SMARTS) is 1. The number of aromatic carboxylic acids is 1. The van der Waals surface area contributed by atoms with E-state index < -0.39 is 5.97 Å². The second-order valence-corrected chi connectivity index (χ2v) is 4.62. The van der Waals surface area contributed by atoms with Crippen LogP contribution in [0, 0.1) is 6.92 Å². The molecule has 3 rings (SSSR count). The first-order valence-electron chi connectivity index (χ1n) is 5.88. The van der Waals surface area contributed by atoms with Gasteiger partial charge in [-0.2, -0.15) is 0 Å². The van der Waals surface area contributed by atoms with Gasteiger partial charge in [-0.15, -0.1) is 0 Å². The van der Waals surface area contributed by atoms with Gasteiger partial charge in [0.2, 0.25) is 0 Å². The Balaban J connectivity index is 2.21. The van der Waals surface area contributed by atoms with E-state index in [1.165, 1.54) is 19.3 Å². The van der Waals surface area contributed by atoms with E-state index in [1.54, 1.807) is 18.2 Å². The topological polar surface area (TPSA) is 55.1 Å². The molecule has 4 nitrogen and oxygen atoms in total. The van der Waals surface area contributed by atoms with Crippen molar-refractivity contribution in [3.05, 3.63) is 29.6 Å². The van der Waals surface area contributed by atoms with Crippen LogP contribution in [0.2, 0.25) is 0 Å². The number of nitrogens with zero attached hydrogens (tertiary/aromatic N) is 2. The van der Waals surface area contributed by atoms with Gasteiger partial charge in [0.25, 0.3) is 0 Å². The molecule has 0 bridgehead atoms. The predicted molar refractivity (Wildman–Crippen MR) is 64.3 cm³/mol. The average Bonchev–Trinajstić information content (AvgIpc) is 2.53. The van der Waals surface area contributed by atoms with Crippen LogP contribution in [0.5, 0.6) is 0 Å². The van der Waals surface area contributed by atoms with Crippen LogP contribution in [0.15, 0.2) is 18.2 Å². The molecular formula is C13H14N2O2. The molecule has 1 aliphatic rings. The Morgan fingerprint density at radius 2 is 2.24 bits per heavy atom. The van der Waals surface area contributed by atoms with Crippen molar-refractivity contribution in [2.24, 2.45) is 0 Å². The Kier molecular flexibility index (Phi) is 2.18. The Bertz CT molecular complexity index is 597. The molecule has 1 saturated carbocycles. The van der Waals surface area contributed by atoms with Crippen LogP contribution in [0.1, 0.15) is 41.5 Å². The molecule has 1 aromatic carbocycles. The lowest BCUT2D eigenvalue weighted by molar-refractivity contribution is 0.0697. The van der Waals surface area contributed by atoms with Crippen molar-refractivity contribution in [1.82, 2.24) is 9.55 Å². The van der Waals surface area contributed by atoms with Gasteiger partial charge in [0.15, 0.2) is 0 Å². The number of carboxylic acids is 1. The fourth-order valence-electron chi connectivity index (χ4n) is 2.45. The molecule has 0 amide bonds. The van der Waals surface area contributed by atoms with Crippen LogP contribution in [-0.2, 0) is 0 Å². The van der Waals surface area contributed by atoms with E-state index >= 15 is 0 Å². The Morgan fingerprint density at radius 1 is 1.47 bits per heavy atom. The van der Waals surface area contributed by atoms with E-state index in [2.05, 4.69) is 9.55 Å². The first-order chi connectivity index (χ1) is 8.16. The summed E-state index contributed by atoms with van der Waals surface area (Å²) in [5.41, 5.74) is 2.17. The Hall–Kier alpha value is -1.84. The van der Waals surface area contributed by atoms with Crippen LogP contribution in [0.3, 0.4) is 0 Å². The summed E-state index contributed by atoms with van der Waals surface area (Å²) in [6.07, 6.45) is 3.59. The van der Waals surface area contributed by atoms with Crippen LogP contribution in [0.25, 0.3) is 11.0 Å². The largest absolute Gasteiger partial charge is 0.478 e. The molecule has 1 aromatic heterocycles. The maximum Gasteiger partial charge on any atom is 0.335 e. The lowest BCUT2D eigenvalue weighted by atomic mass is 9.92. The molecule has 1 heterocycles. The molecule has 0 unspecified atom stereocenters. The normalized spacial score (nSPS) is 16.1. The minimum absolute atomic E-state index is 0.331. The molecular weight excluding hydrogens is 216 g/mol. The van der Waals surface area contributed by atoms with E-state index in [-0.39, 0.29) is 0 Å². The minimum atomic E-state index is -0.883. The maximum absolute atomic E-state index is 11.0. The third-order valence-electron chi connectivity index (χ3n) is 3.55. The van der Waals surface area contributed by atoms with Gasteiger partial charge in [-0.3, -0.25) is 0 Å². The summed E-state index contributed by atoms with van der Waals surface area (Å²) in [4.78, 5) is 15.5. The standard InChI is InChI=1S/C13H14N2O2/c1-8-14-11-6-5-9(13(16)17)7-12(11)15(8)10-3-2-4-10/h5-7,10H,2-4H2,1H3,(H,16,17). The van der Waals surface area contributed by atoms with Crippen molar-refractivity contribution in [1.29, 1.82) is 0 Å². The summed E-state index contributed by atoms with van der Waals surface area (Å²) >= 11 is 0. The summed E-state index contributed by atoms with van der Waals surface area (Å²) in [5, 5.41) is 9.02. The first-order valence-corrected chi connectivity index (χ1v) is 5.88. The highest BCUT2D eigenvalue weighted by Gasteiger charge is 2.23. The zero-order valence-electron chi connectivity index (χ0n) is 9.68. The second-order valence-electron chi connectivity index (χ2n) is 4.62. The fraction of sp³-hybridized carbons (Fsp3) is 0.385. The summed E-state index contributed by atoms with van der Waals surface area (Å²) < 4.78 is 2.19. The summed E-state index contributed by atoms with van der Waals surface area (Å²) in [6.45, 7) is 1.98. The lowest BCUT2D eigenvalue weighted by Gasteiger charge is -2.28. The molecule has 4 heteroatoms. The number of fused-ring (bicyclic) bond motifs is 1. The van der Waals surface area contributed by atoms with E-state index in [1.807, 2.05) is 6.92 Å². The van der Waals surface area contributed by atoms with Crippen LogP contribution in [-0.4, -0.2) is 20.6 Å². The zero-order valence-corrected chi connectivity index (χ0v) is 9.68. The van der Waals surface area contributed by atoms with Gasteiger partial charge < -0.3 is 9.67 Å². The smallest absolute Gasteiger partial charge is 0.335 e. The van der Waals surface area contributed by atoms with Gasteiger partial charge in [-0.25, -0.2) is 9.78 Å². The van der Waals surface area contributed by atoms with Crippen molar-refractivity contribution in [2.45, 2.75) is 32.2 Å². The Morgan fingerprint density at radius 3 is 2.82 bits per heavy atom. The molecule has 17 heavy (non-hydrogen) atoms. The fourth-order valence-corrected chi connectivity index (χ4v) is 2.45. The van der Waals surface area contributed by atoms with Gasteiger partial charge in [-0.05, 0) is 44.4 Å². The predicted octanol–water partition coefficient (Wildman–Crippen LogP) is 2.77. The van der Waals surface area contributed by atoms with E-state index in [4.69, 9.17) is 5.11 Å². The highest BCUT2D eigenvalue weighted by molar-refractivity contribution is 5.92. The van der Waals surface area contributed by atoms with Crippen LogP contribution >= 0.6 is 0 Å². The summed E-state index contributed by atoms with van der Waals surface area (Å²) in [5.74, 6) is 0.0955. The molecule has 0 atom stereocenters. The van der Waals surface area contributed by atoms with E-state index in [0.717, 1.165) is 16.9 Å². The molecule has 88 valence electrons. The summed E-state index contributed by atoms with van der Waals surface area (Å²) in [7, 11) is 0. The Labute approximate surface area is 98.9 Å². The highest BCUT2D eigenvalue weighted by atomic mass is 16.4. The van der Waals surface area contributed by atoms with Gasteiger partial charge in [0, 0.05) is 6.04 Å². The number of hydrogen-bond donors (Lipinski definition) is 1. The molecule has 2 aromatic rings. The number of rotatable bonds is 2. The average molecular weight is 230 g/mol. The number of imidazole rings is 1. The van der Waals surface area contributed by atoms with Crippen molar-refractivity contribution in [3.63, 3.8) is 0 Å². The van der Waals surface area contributed by atoms with E-state index in [9.17, 15) is 4.79 Å². The lowest BCUT2D eigenvalue weighted by Crippen LogP contribution is -2.18. The summed E-state index contributed by atoms with van der Waals surface area (Å²) in [6, 6.07) is 5.64. The molecule has 0 saturated heterocycles. The van der Waals surface area contributed by atoms with Crippen molar-refractivity contribution in [2.75, 3.05) is 0 Å². The number of aromatic nitrogens is 2. The third kappa shape index (κ3) is 1.52. The maximum atomic E-state index is 11.0. The van der Waals surface area contributed by atoms with Gasteiger partial charge in [0.05, 0.1) is 16.6 Å². The third-order valence-corrected chi connectivity index (χ3v) is 3.55. The molecule has 0 spiro atoms. The first kappa shape index (κ1) is 10.3. The van der Waals surface area contributed by atoms with Crippen LogP contribution < -0.4 is 0 Å². The zero-order chi connectivity index (χ0) is 12.0. The number of hydrogen-bond acceptors (Lipinski definition) is 2. The number of benzene rings is 1. The molecule has 0 radical (unpaired) electrons. The molecule has 1 fully saturated rings. The molecule has 0 aliphatic heterocycles. The molecule has 1 aliphatic carbocycles. The van der Waals surface area contributed by atoms with Crippen LogP contribution in [0.4, 0.5) is 0 Å². The highest BCUT2D eigenvalue weighted by Crippen LogP contribution is 2.35. The van der Waals surface area contributed by atoms with E-state index in [0.29, 0.717) is 11.6 Å². The number of aryl methyl sites for hydroxylation is 1. The van der Waals surface area contributed by atoms with Crippen molar-refractivity contribution >= 4 is 17.0 Å². The second kappa shape index (κ2) is 3.58. The molecule has 1 N–H and O–H groups in total. The number of carbonyl (C=O) groups is 1. The van der Waals surface area contributed by atoms with Gasteiger partial charge in [0.1, 0.15) is 5.82 Å². The SMILES string of the molecule is Cc1nc2ccc(C(=O)O)cc2n1C1CCC1.